The summed E-state index contributed by atoms with van der Waals surface area (Å²) >= 11 is 9.89. The van der Waals surface area contributed by atoms with Gasteiger partial charge in [-0.15, -0.1) is 0 Å². The highest BCUT2D eigenvalue weighted by Crippen LogP contribution is 2.37. The van der Waals surface area contributed by atoms with E-state index < -0.39 is 0 Å². The monoisotopic (exact) mass is 534 g/mol. The molecular weight excluding hydrogens is 512 g/mol. The van der Waals surface area contributed by atoms with Gasteiger partial charge in [0.2, 0.25) is 0 Å². The Kier molecular flexibility index (Phi) is 8.23. The average molecular weight is 536 g/mol. The number of hydrogen-bond donors (Lipinski definition) is 0. The van der Waals surface area contributed by atoms with Crippen molar-refractivity contribution in [1.82, 2.24) is 0 Å². The highest BCUT2D eigenvalue weighted by atomic mass is 79.9. The van der Waals surface area contributed by atoms with Crippen molar-refractivity contribution < 1.29 is 9.47 Å². The van der Waals surface area contributed by atoms with E-state index in [0.29, 0.717) is 29.7 Å². The summed E-state index contributed by atoms with van der Waals surface area (Å²) in [5, 5.41) is 7.42. The first-order chi connectivity index (χ1) is 16.6. The van der Waals surface area contributed by atoms with Crippen LogP contribution in [-0.2, 0) is 13.2 Å². The molecule has 0 aliphatic rings. The first kappa shape index (κ1) is 23.9. The maximum absolute atomic E-state index is 6.26. The topological polar surface area (TPSA) is 34.1 Å². The number of hydrazone groups is 1. The van der Waals surface area contributed by atoms with Gasteiger partial charge in [-0.25, -0.2) is 0 Å². The SMILES string of the molecule is COc1cc(C=NN(Cc2ccccc2)c2ccccc2)cc(Br)c1OCc1ccccc1Cl. The number of para-hydroxylation sites is 1. The van der Waals surface area contributed by atoms with Crippen molar-refractivity contribution in [2.75, 3.05) is 12.1 Å². The van der Waals surface area contributed by atoms with E-state index in [1.165, 1.54) is 5.56 Å². The van der Waals surface area contributed by atoms with E-state index >= 15 is 0 Å². The first-order valence-electron chi connectivity index (χ1n) is 10.8. The first-order valence-corrected chi connectivity index (χ1v) is 12.0. The Labute approximate surface area is 213 Å². The predicted molar refractivity (Wildman–Crippen MR) is 143 cm³/mol. The number of methoxy groups -OCH3 is 1. The molecule has 0 aromatic heterocycles. The van der Waals surface area contributed by atoms with Crippen LogP contribution < -0.4 is 14.5 Å². The molecule has 4 aromatic carbocycles. The largest absolute Gasteiger partial charge is 0.493 e. The Morgan fingerprint density at radius 1 is 0.912 bits per heavy atom. The van der Waals surface area contributed by atoms with Gasteiger partial charge in [-0.05, 0) is 57.4 Å². The molecule has 0 aliphatic carbocycles. The minimum absolute atomic E-state index is 0.334. The number of benzene rings is 4. The summed E-state index contributed by atoms with van der Waals surface area (Å²) < 4.78 is 12.4. The van der Waals surface area contributed by atoms with Gasteiger partial charge in [-0.3, -0.25) is 5.01 Å². The Bertz CT molecular complexity index is 1250. The lowest BCUT2D eigenvalue weighted by molar-refractivity contribution is 0.282. The number of halogens is 2. The van der Waals surface area contributed by atoms with Crippen LogP contribution in [0, 0.1) is 0 Å². The van der Waals surface area contributed by atoms with Gasteiger partial charge in [0.1, 0.15) is 6.61 Å². The molecule has 0 spiro atoms. The molecule has 0 radical (unpaired) electrons. The fourth-order valence-corrected chi connectivity index (χ4v) is 4.18. The van der Waals surface area contributed by atoms with Crippen LogP contribution in [0.4, 0.5) is 5.69 Å². The fourth-order valence-electron chi connectivity index (χ4n) is 3.41. The van der Waals surface area contributed by atoms with E-state index in [0.717, 1.165) is 21.3 Å². The summed E-state index contributed by atoms with van der Waals surface area (Å²) in [7, 11) is 1.62. The van der Waals surface area contributed by atoms with Crippen LogP contribution in [0.15, 0.2) is 107 Å². The molecule has 0 amide bonds. The van der Waals surface area contributed by atoms with Crippen molar-refractivity contribution >= 4 is 39.4 Å². The third kappa shape index (κ3) is 6.19. The molecule has 0 saturated heterocycles. The lowest BCUT2D eigenvalue weighted by Gasteiger charge is -2.19. The van der Waals surface area contributed by atoms with Crippen LogP contribution in [-0.4, -0.2) is 13.3 Å². The lowest BCUT2D eigenvalue weighted by atomic mass is 10.2. The number of anilines is 1. The predicted octanol–water partition coefficient (Wildman–Crippen LogP) is 7.73. The molecule has 4 nitrogen and oxygen atoms in total. The van der Waals surface area contributed by atoms with Gasteiger partial charge >= 0.3 is 0 Å². The number of nitrogens with zero attached hydrogens (tertiary/aromatic N) is 2. The Morgan fingerprint density at radius 3 is 2.29 bits per heavy atom. The summed E-state index contributed by atoms with van der Waals surface area (Å²) in [6, 6.07) is 31.8. The highest BCUT2D eigenvalue weighted by molar-refractivity contribution is 9.10. The van der Waals surface area contributed by atoms with Gasteiger partial charge in [0.15, 0.2) is 11.5 Å². The molecule has 0 N–H and O–H groups in total. The third-order valence-corrected chi connectivity index (χ3v) is 6.11. The molecule has 0 atom stereocenters. The molecule has 34 heavy (non-hydrogen) atoms. The Hall–Kier alpha value is -3.28. The van der Waals surface area contributed by atoms with Crippen LogP contribution >= 0.6 is 27.5 Å². The number of ether oxygens (including phenoxy) is 2. The average Bonchev–Trinajstić information content (AvgIpc) is 2.87. The molecule has 172 valence electrons. The Morgan fingerprint density at radius 2 is 1.59 bits per heavy atom. The summed E-state index contributed by atoms with van der Waals surface area (Å²) in [4.78, 5) is 0. The zero-order valence-electron chi connectivity index (χ0n) is 18.7. The molecule has 0 heterocycles. The van der Waals surface area contributed by atoms with E-state index in [4.69, 9.17) is 26.2 Å². The molecule has 0 saturated carbocycles. The second-order valence-corrected chi connectivity index (χ2v) is 8.80. The van der Waals surface area contributed by atoms with Gasteiger partial charge < -0.3 is 9.47 Å². The summed E-state index contributed by atoms with van der Waals surface area (Å²) in [6.07, 6.45) is 1.82. The van der Waals surface area contributed by atoms with Crippen molar-refractivity contribution in [2.24, 2.45) is 5.10 Å². The van der Waals surface area contributed by atoms with Gasteiger partial charge in [0, 0.05) is 10.6 Å². The van der Waals surface area contributed by atoms with Gasteiger partial charge in [-0.1, -0.05) is 78.3 Å². The zero-order chi connectivity index (χ0) is 23.8. The highest BCUT2D eigenvalue weighted by Gasteiger charge is 2.13. The molecular formula is C28H24BrClN2O2. The van der Waals surface area contributed by atoms with Gasteiger partial charge in [-0.2, -0.15) is 5.10 Å². The quantitative estimate of drug-likeness (QED) is 0.162. The van der Waals surface area contributed by atoms with Gasteiger partial charge in [0.05, 0.1) is 30.0 Å². The molecule has 6 heteroatoms. The minimum atomic E-state index is 0.334. The van der Waals surface area contributed by atoms with Crippen LogP contribution in [0.1, 0.15) is 16.7 Å². The molecule has 0 bridgehead atoms. The van der Waals surface area contributed by atoms with Crippen molar-refractivity contribution in [3.8, 4) is 11.5 Å². The van der Waals surface area contributed by atoms with Crippen LogP contribution in [0.3, 0.4) is 0 Å². The maximum Gasteiger partial charge on any atom is 0.175 e. The summed E-state index contributed by atoms with van der Waals surface area (Å²) in [5.74, 6) is 1.22. The standard InChI is InChI=1S/C28H24BrClN2O2/c1-33-27-17-22(16-25(29)28(27)34-20-23-12-8-9-15-26(23)30)18-31-32(24-13-6-3-7-14-24)19-21-10-4-2-5-11-21/h2-18H,19-20H2,1H3. The van der Waals surface area contributed by atoms with Crippen molar-refractivity contribution in [3.05, 3.63) is 123 Å². The van der Waals surface area contributed by atoms with E-state index in [2.05, 4.69) is 28.1 Å². The van der Waals surface area contributed by atoms with E-state index in [9.17, 15) is 0 Å². The van der Waals surface area contributed by atoms with Crippen LogP contribution in [0.25, 0.3) is 0 Å². The van der Waals surface area contributed by atoms with Crippen LogP contribution in [0.2, 0.25) is 5.02 Å². The number of hydrogen-bond acceptors (Lipinski definition) is 4. The molecule has 0 unspecified atom stereocenters. The van der Waals surface area contributed by atoms with E-state index in [-0.39, 0.29) is 0 Å². The summed E-state index contributed by atoms with van der Waals surface area (Å²) in [6.45, 7) is 0.986. The molecule has 0 fully saturated rings. The normalized spacial score (nSPS) is 10.9. The van der Waals surface area contributed by atoms with E-state index in [1.807, 2.05) is 96.2 Å². The summed E-state index contributed by atoms with van der Waals surface area (Å²) in [5.41, 5.74) is 3.96. The minimum Gasteiger partial charge on any atom is -0.493 e. The molecule has 0 aliphatic heterocycles. The van der Waals surface area contributed by atoms with Crippen LogP contribution in [0.5, 0.6) is 11.5 Å². The van der Waals surface area contributed by atoms with E-state index in [1.54, 1.807) is 7.11 Å². The maximum atomic E-state index is 6.26. The zero-order valence-corrected chi connectivity index (χ0v) is 21.0. The van der Waals surface area contributed by atoms with Crippen molar-refractivity contribution in [1.29, 1.82) is 0 Å². The second-order valence-electron chi connectivity index (χ2n) is 7.54. The lowest BCUT2D eigenvalue weighted by Crippen LogP contribution is -2.16. The Balaban J connectivity index is 1.57. The molecule has 4 rings (SSSR count). The van der Waals surface area contributed by atoms with Crippen molar-refractivity contribution in [3.63, 3.8) is 0 Å². The third-order valence-electron chi connectivity index (χ3n) is 5.16. The molecule has 4 aromatic rings. The van der Waals surface area contributed by atoms with Gasteiger partial charge in [0.25, 0.3) is 0 Å². The number of rotatable bonds is 9. The fraction of sp³-hybridized carbons (Fsp3) is 0.107. The van der Waals surface area contributed by atoms with Crippen molar-refractivity contribution in [2.45, 2.75) is 13.2 Å². The second kappa shape index (κ2) is 11.7. The smallest absolute Gasteiger partial charge is 0.175 e.